The Hall–Kier alpha value is -0.900. The number of carbonyl (C=O) groups excluding carboxylic acids is 1. The Kier molecular flexibility index (Phi) is 6.19. The minimum atomic E-state index is 0. The van der Waals surface area contributed by atoms with Gasteiger partial charge in [-0.1, -0.05) is 30.3 Å². The molecule has 1 aromatic carbocycles. The fourth-order valence-corrected chi connectivity index (χ4v) is 1.85. The summed E-state index contributed by atoms with van der Waals surface area (Å²) in [6, 6.07) is 9.49. The second-order valence-electron chi connectivity index (χ2n) is 3.99. The maximum absolute atomic E-state index is 11.8. The molecule has 1 aliphatic heterocycles. The van der Waals surface area contributed by atoms with Crippen LogP contribution in [-0.2, 0) is 4.74 Å². The molecule has 1 fully saturated rings. The molecule has 2 rings (SSSR count). The Bertz CT molecular complexity index is 337. The minimum Gasteiger partial charge on any atom is -0.379 e. The Morgan fingerprint density at radius 1 is 1.18 bits per heavy atom. The van der Waals surface area contributed by atoms with Crippen molar-refractivity contribution in [3.05, 3.63) is 35.9 Å². The van der Waals surface area contributed by atoms with Gasteiger partial charge in [0.25, 0.3) is 0 Å². The lowest BCUT2D eigenvalue weighted by molar-refractivity contribution is 0.0370. The molecule has 0 aliphatic carbocycles. The summed E-state index contributed by atoms with van der Waals surface area (Å²) in [4.78, 5) is 14.1. The molecule has 0 unspecified atom stereocenters. The molecule has 0 N–H and O–H groups in total. The Morgan fingerprint density at radius 3 is 2.47 bits per heavy atom. The molecule has 1 aromatic rings. The summed E-state index contributed by atoms with van der Waals surface area (Å²) in [5.41, 5.74) is 0.816. The fourth-order valence-electron chi connectivity index (χ4n) is 1.85. The van der Waals surface area contributed by atoms with Crippen LogP contribution in [0, 0.1) is 0 Å². The van der Waals surface area contributed by atoms with Crippen molar-refractivity contribution in [3.8, 4) is 0 Å². The van der Waals surface area contributed by atoms with Crippen molar-refractivity contribution in [3.63, 3.8) is 0 Å². The summed E-state index contributed by atoms with van der Waals surface area (Å²) in [6.07, 6.45) is 0.601. The number of nitrogens with zero attached hydrogens (tertiary/aromatic N) is 1. The van der Waals surface area contributed by atoms with E-state index < -0.39 is 0 Å². The van der Waals surface area contributed by atoms with Crippen molar-refractivity contribution in [2.24, 2.45) is 0 Å². The van der Waals surface area contributed by atoms with E-state index in [1.807, 2.05) is 30.3 Å². The zero-order valence-electron chi connectivity index (χ0n) is 9.80. The average Bonchev–Trinajstić information content (AvgIpc) is 2.38. The average molecular weight is 256 g/mol. The van der Waals surface area contributed by atoms with Crippen molar-refractivity contribution in [2.45, 2.75) is 6.42 Å². The first-order valence-electron chi connectivity index (χ1n) is 5.74. The third-order valence-corrected chi connectivity index (χ3v) is 2.85. The zero-order valence-corrected chi connectivity index (χ0v) is 10.6. The van der Waals surface area contributed by atoms with Crippen LogP contribution in [-0.4, -0.2) is 43.5 Å². The van der Waals surface area contributed by atoms with Crippen molar-refractivity contribution in [1.29, 1.82) is 0 Å². The molecule has 4 heteroatoms. The summed E-state index contributed by atoms with van der Waals surface area (Å²) in [7, 11) is 0. The Morgan fingerprint density at radius 2 is 1.82 bits per heavy atom. The summed E-state index contributed by atoms with van der Waals surface area (Å²) in [6.45, 7) is 4.32. The molecule has 0 aromatic heterocycles. The van der Waals surface area contributed by atoms with Gasteiger partial charge in [-0.15, -0.1) is 12.4 Å². The van der Waals surface area contributed by atoms with Gasteiger partial charge in [0.15, 0.2) is 5.78 Å². The molecule has 0 spiro atoms. The predicted octanol–water partition coefficient (Wildman–Crippen LogP) is 2.01. The van der Waals surface area contributed by atoms with Gasteiger partial charge in [0.1, 0.15) is 0 Å². The predicted molar refractivity (Wildman–Crippen MR) is 69.9 cm³/mol. The lowest BCUT2D eigenvalue weighted by atomic mass is 10.1. The largest absolute Gasteiger partial charge is 0.379 e. The van der Waals surface area contributed by atoms with Gasteiger partial charge in [-0.3, -0.25) is 9.69 Å². The van der Waals surface area contributed by atoms with E-state index in [2.05, 4.69) is 4.90 Å². The van der Waals surface area contributed by atoms with Crippen molar-refractivity contribution in [1.82, 2.24) is 4.90 Å². The maximum Gasteiger partial charge on any atom is 0.164 e. The maximum atomic E-state index is 11.8. The molecule has 1 heterocycles. The molecule has 94 valence electrons. The molecular formula is C13H18ClNO2. The third kappa shape index (κ3) is 4.46. The number of ketones is 1. The van der Waals surface area contributed by atoms with E-state index in [0.717, 1.165) is 38.4 Å². The number of hydrogen-bond acceptors (Lipinski definition) is 3. The summed E-state index contributed by atoms with van der Waals surface area (Å²) < 4.78 is 5.26. The van der Waals surface area contributed by atoms with Crippen LogP contribution in [0.15, 0.2) is 30.3 Å². The van der Waals surface area contributed by atoms with E-state index >= 15 is 0 Å². The van der Waals surface area contributed by atoms with Crippen molar-refractivity contribution < 1.29 is 9.53 Å². The normalized spacial score (nSPS) is 16.2. The molecule has 0 amide bonds. The minimum absolute atomic E-state index is 0. The molecule has 3 nitrogen and oxygen atoms in total. The number of hydrogen-bond donors (Lipinski definition) is 0. The van der Waals surface area contributed by atoms with Crippen LogP contribution in [0.5, 0.6) is 0 Å². The Balaban J connectivity index is 0.00000144. The highest BCUT2D eigenvalue weighted by Gasteiger charge is 2.12. The van der Waals surface area contributed by atoms with Crippen molar-refractivity contribution >= 4 is 18.2 Å². The number of Topliss-reactive ketones (excluding diaryl/α,β-unsaturated/α-hetero) is 1. The number of ether oxygens (including phenoxy) is 1. The quantitative estimate of drug-likeness (QED) is 0.771. The molecule has 0 bridgehead atoms. The number of rotatable bonds is 4. The van der Waals surface area contributed by atoms with Crippen LogP contribution in [0.4, 0.5) is 0 Å². The van der Waals surface area contributed by atoms with E-state index in [1.54, 1.807) is 0 Å². The smallest absolute Gasteiger partial charge is 0.164 e. The monoisotopic (exact) mass is 255 g/mol. The van der Waals surface area contributed by atoms with Crippen LogP contribution >= 0.6 is 12.4 Å². The summed E-state index contributed by atoms with van der Waals surface area (Å²) >= 11 is 0. The first kappa shape index (κ1) is 14.2. The molecule has 1 saturated heterocycles. The van der Waals surface area contributed by atoms with E-state index in [4.69, 9.17) is 4.74 Å². The zero-order chi connectivity index (χ0) is 11.2. The van der Waals surface area contributed by atoms with E-state index in [0.29, 0.717) is 6.42 Å². The highest BCUT2D eigenvalue weighted by atomic mass is 35.5. The van der Waals surface area contributed by atoms with E-state index in [9.17, 15) is 4.79 Å². The molecule has 0 radical (unpaired) electrons. The number of carbonyl (C=O) groups is 1. The van der Waals surface area contributed by atoms with Crippen LogP contribution in [0.3, 0.4) is 0 Å². The van der Waals surface area contributed by atoms with Gasteiger partial charge < -0.3 is 4.74 Å². The topological polar surface area (TPSA) is 29.5 Å². The lowest BCUT2D eigenvalue weighted by Gasteiger charge is -2.26. The molecule has 1 aliphatic rings. The first-order valence-corrected chi connectivity index (χ1v) is 5.74. The van der Waals surface area contributed by atoms with E-state index in [-0.39, 0.29) is 18.2 Å². The van der Waals surface area contributed by atoms with Gasteiger partial charge in [0, 0.05) is 31.6 Å². The second kappa shape index (κ2) is 7.43. The van der Waals surface area contributed by atoms with Crippen LogP contribution in [0.2, 0.25) is 0 Å². The SMILES string of the molecule is Cl.O=C(CCN1CCOCC1)c1ccccc1. The summed E-state index contributed by atoms with van der Waals surface area (Å²) in [5, 5.41) is 0. The van der Waals surface area contributed by atoms with Gasteiger partial charge in [0.05, 0.1) is 13.2 Å². The highest BCUT2D eigenvalue weighted by molar-refractivity contribution is 5.96. The molecule has 0 saturated carbocycles. The van der Waals surface area contributed by atoms with Crippen molar-refractivity contribution in [2.75, 3.05) is 32.8 Å². The van der Waals surface area contributed by atoms with Crippen LogP contribution in [0.1, 0.15) is 16.8 Å². The fraction of sp³-hybridized carbons (Fsp3) is 0.462. The lowest BCUT2D eigenvalue weighted by Crippen LogP contribution is -2.37. The number of morpholine rings is 1. The van der Waals surface area contributed by atoms with Gasteiger partial charge in [-0.05, 0) is 0 Å². The number of halogens is 1. The third-order valence-electron chi connectivity index (χ3n) is 2.85. The summed E-state index contributed by atoms with van der Waals surface area (Å²) in [5.74, 6) is 0.229. The van der Waals surface area contributed by atoms with Gasteiger partial charge in [-0.25, -0.2) is 0 Å². The molecule has 17 heavy (non-hydrogen) atoms. The van der Waals surface area contributed by atoms with Gasteiger partial charge >= 0.3 is 0 Å². The molecular weight excluding hydrogens is 238 g/mol. The van der Waals surface area contributed by atoms with E-state index in [1.165, 1.54) is 0 Å². The van der Waals surface area contributed by atoms with Crippen LogP contribution < -0.4 is 0 Å². The second-order valence-corrected chi connectivity index (χ2v) is 3.99. The molecule has 0 atom stereocenters. The van der Waals surface area contributed by atoms with Gasteiger partial charge in [-0.2, -0.15) is 0 Å². The standard InChI is InChI=1S/C13H17NO2.ClH/c15-13(12-4-2-1-3-5-12)6-7-14-8-10-16-11-9-14;/h1-5H,6-11H2;1H. The first-order chi connectivity index (χ1) is 7.86. The van der Waals surface area contributed by atoms with Crippen LogP contribution in [0.25, 0.3) is 0 Å². The number of benzene rings is 1. The Labute approximate surface area is 108 Å². The highest BCUT2D eigenvalue weighted by Crippen LogP contribution is 2.05. The van der Waals surface area contributed by atoms with Gasteiger partial charge in [0.2, 0.25) is 0 Å².